The molecular formula is C65H106NO8P. The Labute approximate surface area is 458 Å². The molecule has 0 aliphatic heterocycles. The zero-order valence-corrected chi connectivity index (χ0v) is 48.1. The number of phosphoric acid groups is 1. The first-order chi connectivity index (χ1) is 36.8. The Morgan fingerprint density at radius 2 is 0.693 bits per heavy atom. The maximum absolute atomic E-state index is 12.7. The third-order valence-electron chi connectivity index (χ3n) is 11.7. The smallest absolute Gasteiger partial charge is 0.462 e. The number of carbonyl (C=O) groups excluding carboxylic acids is 2. The molecule has 0 rings (SSSR count). The number of hydrogen-bond donors (Lipinski definition) is 2. The Balaban J connectivity index is 4.08. The third kappa shape index (κ3) is 59.0. The lowest BCUT2D eigenvalue weighted by Gasteiger charge is -2.19. The highest BCUT2D eigenvalue weighted by Gasteiger charge is 2.26. The van der Waals surface area contributed by atoms with E-state index < -0.39 is 32.5 Å². The topological polar surface area (TPSA) is 134 Å². The molecule has 0 aliphatic carbocycles. The molecule has 0 radical (unpaired) electrons. The second kappa shape index (κ2) is 59.1. The van der Waals surface area contributed by atoms with Crippen LogP contribution < -0.4 is 5.73 Å². The molecule has 424 valence electrons. The molecule has 0 aromatic rings. The molecule has 0 amide bonds. The van der Waals surface area contributed by atoms with E-state index in [0.29, 0.717) is 6.42 Å². The van der Waals surface area contributed by atoms with Crippen LogP contribution in [0.1, 0.15) is 219 Å². The molecule has 9 nitrogen and oxygen atoms in total. The molecular weight excluding hydrogens is 954 g/mol. The molecule has 0 aliphatic rings. The molecule has 0 heterocycles. The van der Waals surface area contributed by atoms with Crippen LogP contribution in [0.3, 0.4) is 0 Å². The monoisotopic (exact) mass is 1060 g/mol. The van der Waals surface area contributed by atoms with Crippen molar-refractivity contribution in [3.63, 3.8) is 0 Å². The molecule has 0 saturated carbocycles. The number of carbonyl (C=O) groups is 2. The van der Waals surface area contributed by atoms with Gasteiger partial charge in [-0.25, -0.2) is 4.57 Å². The quantitative estimate of drug-likeness (QED) is 0.0264. The summed E-state index contributed by atoms with van der Waals surface area (Å²) in [5.74, 6) is -0.860. The zero-order chi connectivity index (χ0) is 54.5. The average molecular weight is 1060 g/mol. The van der Waals surface area contributed by atoms with Crippen molar-refractivity contribution < 1.29 is 37.6 Å². The van der Waals surface area contributed by atoms with Gasteiger partial charge in [0.2, 0.25) is 0 Å². The predicted molar refractivity (Wildman–Crippen MR) is 320 cm³/mol. The summed E-state index contributed by atoms with van der Waals surface area (Å²) in [5.41, 5.74) is 5.38. The maximum Gasteiger partial charge on any atom is 0.472 e. The average Bonchev–Trinajstić information content (AvgIpc) is 3.40. The summed E-state index contributed by atoms with van der Waals surface area (Å²) < 4.78 is 33.0. The van der Waals surface area contributed by atoms with Crippen molar-refractivity contribution in [2.45, 2.75) is 225 Å². The molecule has 75 heavy (non-hydrogen) atoms. The van der Waals surface area contributed by atoms with E-state index in [4.69, 9.17) is 24.3 Å². The highest BCUT2D eigenvalue weighted by Crippen LogP contribution is 2.43. The fourth-order valence-electron chi connectivity index (χ4n) is 7.47. The fourth-order valence-corrected chi connectivity index (χ4v) is 8.23. The molecule has 0 spiro atoms. The van der Waals surface area contributed by atoms with Gasteiger partial charge in [-0.2, -0.15) is 0 Å². The van der Waals surface area contributed by atoms with Crippen LogP contribution in [0, 0.1) is 0 Å². The number of hydrogen-bond acceptors (Lipinski definition) is 8. The number of unbranched alkanes of at least 4 members (excludes halogenated alkanes) is 16. The van der Waals surface area contributed by atoms with Crippen molar-refractivity contribution in [1.29, 1.82) is 0 Å². The predicted octanol–water partition coefficient (Wildman–Crippen LogP) is 18.7. The Morgan fingerprint density at radius 1 is 0.400 bits per heavy atom. The van der Waals surface area contributed by atoms with Crippen LogP contribution in [0.4, 0.5) is 0 Å². The van der Waals surface area contributed by atoms with Crippen molar-refractivity contribution in [2.24, 2.45) is 5.73 Å². The largest absolute Gasteiger partial charge is 0.472 e. The summed E-state index contributed by atoms with van der Waals surface area (Å²) in [4.78, 5) is 35.2. The van der Waals surface area contributed by atoms with Crippen molar-refractivity contribution >= 4 is 19.8 Å². The van der Waals surface area contributed by atoms with E-state index in [9.17, 15) is 19.0 Å². The van der Waals surface area contributed by atoms with Crippen molar-refractivity contribution in [2.75, 3.05) is 26.4 Å². The second-order valence-corrected chi connectivity index (χ2v) is 20.2. The summed E-state index contributed by atoms with van der Waals surface area (Å²) in [5, 5.41) is 0. The first kappa shape index (κ1) is 70.9. The van der Waals surface area contributed by atoms with Crippen molar-refractivity contribution in [3.05, 3.63) is 146 Å². The maximum atomic E-state index is 12.7. The van der Waals surface area contributed by atoms with Gasteiger partial charge in [-0.1, -0.05) is 237 Å². The van der Waals surface area contributed by atoms with Gasteiger partial charge in [0, 0.05) is 19.4 Å². The Bertz CT molecular complexity index is 1730. The van der Waals surface area contributed by atoms with Crippen LogP contribution >= 0.6 is 7.82 Å². The van der Waals surface area contributed by atoms with Crippen LogP contribution in [0.5, 0.6) is 0 Å². The van der Waals surface area contributed by atoms with Crippen LogP contribution in [0.25, 0.3) is 0 Å². The van der Waals surface area contributed by atoms with Crippen LogP contribution in [0.2, 0.25) is 0 Å². The number of esters is 2. The minimum Gasteiger partial charge on any atom is -0.462 e. The molecule has 0 aromatic carbocycles. The van der Waals surface area contributed by atoms with Crippen molar-refractivity contribution in [3.8, 4) is 0 Å². The minimum absolute atomic E-state index is 0.0420. The fraction of sp³-hybridized carbons (Fsp3) is 0.600. The Kier molecular flexibility index (Phi) is 55.9. The summed E-state index contributed by atoms with van der Waals surface area (Å²) in [6.45, 7) is 3.48. The van der Waals surface area contributed by atoms with Gasteiger partial charge in [-0.15, -0.1) is 0 Å². The number of nitrogens with two attached hydrogens (primary N) is 1. The van der Waals surface area contributed by atoms with Gasteiger partial charge in [-0.3, -0.25) is 18.6 Å². The molecule has 0 aromatic heterocycles. The van der Waals surface area contributed by atoms with E-state index in [1.165, 1.54) is 38.5 Å². The Morgan fingerprint density at radius 3 is 1.03 bits per heavy atom. The normalized spacial score (nSPS) is 14.1. The molecule has 2 unspecified atom stereocenters. The number of phosphoric ester groups is 1. The standard InChI is InChI=1S/C65H106NO8P/c1-3-5-7-9-11-13-15-17-19-21-23-25-27-28-29-30-31-32-33-34-36-38-40-42-44-46-48-50-52-54-56-58-65(68)74-63(62-73-75(69,70)72-60-59-66)61-71-64(67)57-55-53-51-49-47-45-43-41-39-37-35-26-24-22-20-18-16-14-12-10-8-6-4-2/h5-8,11-14,17-20,23-26,28-29,31-32,34,36,40,42,63H,3-4,9-10,15-16,21-22,27,30,33,35,37-39,41,43-62,66H2,1-2H3,(H,69,70)/b7-5-,8-6-,13-11-,14-12-,19-17-,20-18-,25-23-,26-24-,29-28-,32-31-,36-34-,42-40-. The molecule has 2 atom stereocenters. The lowest BCUT2D eigenvalue weighted by molar-refractivity contribution is -0.161. The summed E-state index contributed by atoms with van der Waals surface area (Å²) in [7, 11) is -4.41. The Hall–Kier alpha value is -4.11. The van der Waals surface area contributed by atoms with Crippen LogP contribution in [0.15, 0.2) is 146 Å². The highest BCUT2D eigenvalue weighted by atomic mass is 31.2. The van der Waals surface area contributed by atoms with E-state index in [2.05, 4.69) is 160 Å². The lowest BCUT2D eigenvalue weighted by atomic mass is 10.1. The first-order valence-electron chi connectivity index (χ1n) is 29.3. The minimum atomic E-state index is -4.41. The van der Waals surface area contributed by atoms with E-state index in [0.717, 1.165) is 148 Å². The molecule has 10 heteroatoms. The summed E-state index contributed by atoms with van der Waals surface area (Å²) >= 11 is 0. The molecule has 0 fully saturated rings. The lowest BCUT2D eigenvalue weighted by Crippen LogP contribution is -2.29. The van der Waals surface area contributed by atoms with Crippen LogP contribution in [-0.4, -0.2) is 49.3 Å². The van der Waals surface area contributed by atoms with Gasteiger partial charge >= 0.3 is 19.8 Å². The van der Waals surface area contributed by atoms with Crippen LogP contribution in [-0.2, 0) is 32.7 Å². The number of rotatable bonds is 53. The van der Waals surface area contributed by atoms with Gasteiger partial charge in [0.1, 0.15) is 6.61 Å². The SMILES string of the molecule is CC/C=C\C/C=C\C/C=C\C/C=C\C/C=C\C/C=C\C/C=C\C/C=C\CCCCCCCCC(=O)OC(COC(=O)CCCCCCCCCCCC/C=C\C/C=C\C/C=C\C/C=C\CC)COP(=O)(O)OCCN. The highest BCUT2D eigenvalue weighted by molar-refractivity contribution is 7.47. The van der Waals surface area contributed by atoms with E-state index in [1.807, 2.05) is 0 Å². The van der Waals surface area contributed by atoms with Gasteiger partial charge in [0.15, 0.2) is 6.10 Å². The van der Waals surface area contributed by atoms with Gasteiger partial charge in [0.25, 0.3) is 0 Å². The van der Waals surface area contributed by atoms with E-state index in [1.54, 1.807) is 0 Å². The van der Waals surface area contributed by atoms with E-state index >= 15 is 0 Å². The van der Waals surface area contributed by atoms with E-state index in [-0.39, 0.29) is 32.6 Å². The van der Waals surface area contributed by atoms with Gasteiger partial charge in [0.05, 0.1) is 13.2 Å². The molecule has 3 N–H and O–H groups in total. The zero-order valence-electron chi connectivity index (χ0n) is 47.2. The summed E-state index contributed by atoms with van der Waals surface area (Å²) in [6.07, 6.45) is 84.6. The third-order valence-corrected chi connectivity index (χ3v) is 12.7. The van der Waals surface area contributed by atoms with Crippen molar-refractivity contribution in [1.82, 2.24) is 0 Å². The molecule has 0 saturated heterocycles. The number of ether oxygens (including phenoxy) is 2. The first-order valence-corrected chi connectivity index (χ1v) is 30.8. The number of allylic oxidation sites excluding steroid dienone is 24. The van der Waals surface area contributed by atoms with Gasteiger partial charge < -0.3 is 20.1 Å². The second-order valence-electron chi connectivity index (χ2n) is 18.7. The summed E-state index contributed by atoms with van der Waals surface area (Å²) in [6, 6.07) is 0. The molecule has 0 bridgehead atoms. The van der Waals surface area contributed by atoms with Gasteiger partial charge in [-0.05, 0) is 116 Å².